The minimum atomic E-state index is -3.74. The van der Waals surface area contributed by atoms with Crippen LogP contribution in [-0.4, -0.2) is 82.6 Å². The van der Waals surface area contributed by atoms with Crippen molar-refractivity contribution in [3.63, 3.8) is 0 Å². The van der Waals surface area contributed by atoms with Crippen molar-refractivity contribution in [1.82, 2.24) is 14.5 Å². The molecule has 1 heterocycles. The molecule has 11 heteroatoms. The Morgan fingerprint density at radius 1 is 1.14 bits per heavy atom. The second kappa shape index (κ2) is 8.41. The number of benzene rings is 1. The van der Waals surface area contributed by atoms with Crippen molar-refractivity contribution in [3.8, 4) is 0 Å². The Kier molecular flexibility index (Phi) is 6.75. The summed E-state index contributed by atoms with van der Waals surface area (Å²) in [5.41, 5.74) is 1.32. The van der Waals surface area contributed by atoms with Gasteiger partial charge in [0.05, 0.1) is 16.4 Å². The third kappa shape index (κ3) is 5.14. The molecule has 1 N–H and O–H groups in total. The summed E-state index contributed by atoms with van der Waals surface area (Å²) in [4.78, 5) is 26.6. The SMILES string of the molecule is Cc1cc(C(=O)NC(C)C(=O)N2CCS(=O)(=O)CC2)cc(S(=O)(=O)N(C)C)c1C. The van der Waals surface area contributed by atoms with Crippen molar-refractivity contribution in [3.05, 3.63) is 28.8 Å². The van der Waals surface area contributed by atoms with Crippen LogP contribution in [0.4, 0.5) is 0 Å². The van der Waals surface area contributed by atoms with Gasteiger partial charge in [-0.25, -0.2) is 21.1 Å². The van der Waals surface area contributed by atoms with Gasteiger partial charge in [-0.3, -0.25) is 9.59 Å². The topological polar surface area (TPSA) is 121 Å². The maximum atomic E-state index is 12.7. The van der Waals surface area contributed by atoms with E-state index in [4.69, 9.17) is 0 Å². The molecule has 1 aliphatic rings. The first-order valence-corrected chi connectivity index (χ1v) is 12.4. The van der Waals surface area contributed by atoms with E-state index in [1.807, 2.05) is 0 Å². The third-order valence-corrected chi connectivity index (χ3v) is 8.57. The summed E-state index contributed by atoms with van der Waals surface area (Å²) in [7, 11) is -4.03. The van der Waals surface area contributed by atoms with Gasteiger partial charge in [0.25, 0.3) is 5.91 Å². The van der Waals surface area contributed by atoms with Crippen molar-refractivity contribution in [2.45, 2.75) is 31.7 Å². The number of rotatable bonds is 5. The smallest absolute Gasteiger partial charge is 0.251 e. The van der Waals surface area contributed by atoms with Crippen LogP contribution in [0, 0.1) is 13.8 Å². The molecule has 2 amide bonds. The largest absolute Gasteiger partial charge is 0.341 e. The lowest BCUT2D eigenvalue weighted by atomic mass is 10.1. The lowest BCUT2D eigenvalue weighted by Crippen LogP contribution is -2.51. The van der Waals surface area contributed by atoms with Gasteiger partial charge in [0.2, 0.25) is 15.9 Å². The van der Waals surface area contributed by atoms with Crippen LogP contribution in [-0.2, 0) is 24.7 Å². The Balaban J connectivity index is 2.20. The Hall–Kier alpha value is -1.98. The average molecular weight is 446 g/mol. The van der Waals surface area contributed by atoms with E-state index in [9.17, 15) is 26.4 Å². The van der Waals surface area contributed by atoms with Crippen molar-refractivity contribution in [2.75, 3.05) is 38.7 Å². The van der Waals surface area contributed by atoms with E-state index in [2.05, 4.69) is 5.32 Å². The van der Waals surface area contributed by atoms with Crippen LogP contribution in [0.5, 0.6) is 0 Å². The number of amides is 2. The van der Waals surface area contributed by atoms with Gasteiger partial charge in [-0.15, -0.1) is 0 Å². The summed E-state index contributed by atoms with van der Waals surface area (Å²) >= 11 is 0. The maximum absolute atomic E-state index is 12.7. The molecule has 1 saturated heterocycles. The van der Waals surface area contributed by atoms with Gasteiger partial charge in [-0.05, 0) is 44.0 Å². The number of sulfone groups is 1. The zero-order valence-corrected chi connectivity index (χ0v) is 18.9. The summed E-state index contributed by atoms with van der Waals surface area (Å²) < 4.78 is 49.2. The molecule has 162 valence electrons. The van der Waals surface area contributed by atoms with E-state index in [0.29, 0.717) is 11.1 Å². The van der Waals surface area contributed by atoms with E-state index in [0.717, 1.165) is 4.31 Å². The Bertz CT molecular complexity index is 1020. The van der Waals surface area contributed by atoms with Gasteiger partial charge < -0.3 is 10.2 Å². The Morgan fingerprint density at radius 3 is 2.21 bits per heavy atom. The van der Waals surface area contributed by atoms with Crippen LogP contribution >= 0.6 is 0 Å². The Labute approximate surface area is 172 Å². The van der Waals surface area contributed by atoms with Crippen molar-refractivity contribution >= 4 is 31.7 Å². The summed E-state index contributed by atoms with van der Waals surface area (Å²) in [5.74, 6) is -1.14. The third-order valence-electron chi connectivity index (χ3n) is 5.01. The van der Waals surface area contributed by atoms with Gasteiger partial charge in [0, 0.05) is 32.7 Å². The normalized spacial score (nSPS) is 17.8. The van der Waals surface area contributed by atoms with E-state index in [1.165, 1.54) is 32.0 Å². The van der Waals surface area contributed by atoms with E-state index in [1.54, 1.807) is 19.9 Å². The Morgan fingerprint density at radius 2 is 1.69 bits per heavy atom. The fraction of sp³-hybridized carbons (Fsp3) is 0.556. The molecule has 0 aromatic heterocycles. The lowest BCUT2D eigenvalue weighted by Gasteiger charge is -2.29. The summed E-state index contributed by atoms with van der Waals surface area (Å²) in [6.07, 6.45) is 0. The van der Waals surface area contributed by atoms with Gasteiger partial charge in [0.15, 0.2) is 9.84 Å². The van der Waals surface area contributed by atoms with Crippen molar-refractivity contribution in [1.29, 1.82) is 0 Å². The first-order valence-electron chi connectivity index (χ1n) is 9.10. The van der Waals surface area contributed by atoms with Crippen LogP contribution in [0.3, 0.4) is 0 Å². The molecule has 0 spiro atoms. The number of carbonyl (C=O) groups is 2. The molecular weight excluding hydrogens is 418 g/mol. The minimum absolute atomic E-state index is 0.0351. The van der Waals surface area contributed by atoms with Crippen LogP contribution in [0.1, 0.15) is 28.4 Å². The monoisotopic (exact) mass is 445 g/mol. The van der Waals surface area contributed by atoms with Crippen LogP contribution in [0.25, 0.3) is 0 Å². The second-order valence-corrected chi connectivity index (χ2v) is 11.8. The molecule has 0 radical (unpaired) electrons. The second-order valence-electron chi connectivity index (χ2n) is 7.38. The molecule has 0 aliphatic carbocycles. The van der Waals surface area contributed by atoms with E-state index >= 15 is 0 Å². The molecule has 1 fully saturated rings. The number of sulfonamides is 1. The predicted molar refractivity (Wildman–Crippen MR) is 109 cm³/mol. The molecule has 1 aromatic rings. The molecule has 1 atom stereocenters. The van der Waals surface area contributed by atoms with Crippen LogP contribution in [0.2, 0.25) is 0 Å². The molecule has 1 aliphatic heterocycles. The van der Waals surface area contributed by atoms with Gasteiger partial charge in [0.1, 0.15) is 6.04 Å². The van der Waals surface area contributed by atoms with Gasteiger partial charge in [-0.1, -0.05) is 0 Å². The van der Waals surface area contributed by atoms with Crippen LogP contribution in [0.15, 0.2) is 17.0 Å². The fourth-order valence-electron chi connectivity index (χ4n) is 2.97. The maximum Gasteiger partial charge on any atom is 0.251 e. The molecule has 9 nitrogen and oxygen atoms in total. The highest BCUT2D eigenvalue weighted by Crippen LogP contribution is 2.23. The molecule has 2 rings (SSSR count). The summed E-state index contributed by atoms with van der Waals surface area (Å²) in [5, 5.41) is 2.58. The number of hydrogen-bond acceptors (Lipinski definition) is 6. The number of aryl methyl sites for hydroxylation is 1. The average Bonchev–Trinajstić information content (AvgIpc) is 2.62. The number of hydrogen-bond donors (Lipinski definition) is 1. The fourth-order valence-corrected chi connectivity index (χ4v) is 5.39. The molecule has 1 aromatic carbocycles. The lowest BCUT2D eigenvalue weighted by molar-refractivity contribution is -0.132. The highest BCUT2D eigenvalue weighted by atomic mass is 32.2. The quantitative estimate of drug-likeness (QED) is 0.677. The van der Waals surface area contributed by atoms with Gasteiger partial charge in [-0.2, -0.15) is 0 Å². The number of nitrogens with zero attached hydrogens (tertiary/aromatic N) is 2. The predicted octanol–water partition coefficient (Wildman–Crippen LogP) is -0.0710. The highest BCUT2D eigenvalue weighted by Gasteiger charge is 2.29. The van der Waals surface area contributed by atoms with Crippen molar-refractivity contribution < 1.29 is 26.4 Å². The van der Waals surface area contributed by atoms with Crippen molar-refractivity contribution in [2.24, 2.45) is 0 Å². The standard InChI is InChI=1S/C18H27N3O6S2/c1-12-10-15(11-16(13(12)2)29(26,27)20(4)5)17(22)19-14(3)18(23)21-6-8-28(24,25)9-7-21/h10-11,14H,6-9H2,1-5H3,(H,19,22). The molecule has 0 saturated carbocycles. The molecule has 0 bridgehead atoms. The first-order chi connectivity index (χ1) is 13.3. The van der Waals surface area contributed by atoms with E-state index < -0.39 is 31.8 Å². The molecule has 29 heavy (non-hydrogen) atoms. The summed E-state index contributed by atoms with van der Waals surface area (Å²) in [6, 6.07) is 2.00. The zero-order valence-electron chi connectivity index (χ0n) is 17.2. The first kappa shape index (κ1) is 23.3. The zero-order chi connectivity index (χ0) is 22.1. The van der Waals surface area contributed by atoms with E-state index in [-0.39, 0.29) is 41.0 Å². The molecule has 1 unspecified atom stereocenters. The van der Waals surface area contributed by atoms with Gasteiger partial charge >= 0.3 is 0 Å². The highest BCUT2D eigenvalue weighted by molar-refractivity contribution is 7.91. The number of nitrogens with one attached hydrogen (secondary N) is 1. The molecular formula is C18H27N3O6S2. The number of carbonyl (C=O) groups excluding carboxylic acids is 2. The summed E-state index contributed by atoms with van der Waals surface area (Å²) in [6.45, 7) is 5.09. The van der Waals surface area contributed by atoms with Crippen LogP contribution < -0.4 is 5.32 Å². The minimum Gasteiger partial charge on any atom is -0.341 e.